The van der Waals surface area contributed by atoms with E-state index in [0.717, 1.165) is 30.5 Å². The minimum Gasteiger partial charge on any atom is -0.466 e. The van der Waals surface area contributed by atoms with Crippen molar-refractivity contribution < 1.29 is 14.0 Å². The van der Waals surface area contributed by atoms with Crippen molar-refractivity contribution in [2.75, 3.05) is 33.3 Å². The summed E-state index contributed by atoms with van der Waals surface area (Å²) in [7, 11) is 2.26. The van der Waals surface area contributed by atoms with Crippen molar-refractivity contribution in [3.63, 3.8) is 0 Å². The smallest absolute Gasteiger partial charge is 0.309 e. The summed E-state index contributed by atoms with van der Waals surface area (Å²) in [6, 6.07) is 0. The molecule has 0 saturated heterocycles. The second-order valence-electron chi connectivity index (χ2n) is 4.44. The molecule has 3 heteroatoms. The largest absolute Gasteiger partial charge is 0.466 e. The molecule has 0 aromatic carbocycles. The Labute approximate surface area is 92.3 Å². The second-order valence-corrected chi connectivity index (χ2v) is 4.44. The van der Waals surface area contributed by atoms with Crippen LogP contribution in [0.3, 0.4) is 0 Å². The molecule has 86 valence electrons. The number of likely N-dealkylation sites (N-methyl/N-ethyl adjacent to an activating group) is 1. The molecule has 3 nitrogen and oxygen atoms in total. The molecule has 0 fully saturated rings. The van der Waals surface area contributed by atoms with Gasteiger partial charge in [-0.2, -0.15) is 0 Å². The molecular weight excluding hydrogens is 190 g/mol. The first kappa shape index (κ1) is 12.2. The van der Waals surface area contributed by atoms with Crippen LogP contribution >= 0.6 is 0 Å². The maximum absolute atomic E-state index is 11.3. The first-order valence-corrected chi connectivity index (χ1v) is 5.76. The Hall–Kier alpha value is -0.830. The lowest BCUT2D eigenvalue weighted by Crippen LogP contribution is -2.46. The van der Waals surface area contributed by atoms with Crippen LogP contribution in [-0.2, 0) is 9.53 Å². The number of rotatable bonds is 4. The highest BCUT2D eigenvalue weighted by Crippen LogP contribution is 2.19. The topological polar surface area (TPSA) is 26.3 Å². The molecule has 0 radical (unpaired) electrons. The SMILES string of the molecule is CCOC(=O)CC1=CC[N+](C)(CC)CC1. The number of hydrogen-bond donors (Lipinski definition) is 0. The molecule has 0 spiro atoms. The zero-order chi connectivity index (χ0) is 11.3. The Morgan fingerprint density at radius 1 is 1.53 bits per heavy atom. The van der Waals surface area contributed by atoms with Gasteiger partial charge < -0.3 is 9.22 Å². The van der Waals surface area contributed by atoms with Crippen LogP contribution in [0.1, 0.15) is 26.7 Å². The first-order valence-electron chi connectivity index (χ1n) is 5.76. The fraction of sp³-hybridized carbons (Fsp3) is 0.750. The van der Waals surface area contributed by atoms with Crippen molar-refractivity contribution in [2.45, 2.75) is 26.7 Å². The highest BCUT2D eigenvalue weighted by Gasteiger charge is 2.23. The minimum absolute atomic E-state index is 0.0867. The maximum atomic E-state index is 11.3. The van der Waals surface area contributed by atoms with Gasteiger partial charge in [0.25, 0.3) is 0 Å². The summed E-state index contributed by atoms with van der Waals surface area (Å²) in [5.74, 6) is -0.0867. The number of ether oxygens (including phenoxy) is 1. The molecule has 1 aliphatic rings. The Balaban J connectivity index is 2.43. The Morgan fingerprint density at radius 2 is 2.27 bits per heavy atom. The molecule has 1 heterocycles. The van der Waals surface area contributed by atoms with Crippen molar-refractivity contribution in [2.24, 2.45) is 0 Å². The molecule has 0 amide bonds. The van der Waals surface area contributed by atoms with Gasteiger partial charge in [-0.1, -0.05) is 5.57 Å². The fourth-order valence-corrected chi connectivity index (χ4v) is 1.80. The van der Waals surface area contributed by atoms with E-state index >= 15 is 0 Å². The van der Waals surface area contributed by atoms with Crippen molar-refractivity contribution >= 4 is 5.97 Å². The van der Waals surface area contributed by atoms with Gasteiger partial charge in [-0.25, -0.2) is 0 Å². The van der Waals surface area contributed by atoms with Crippen LogP contribution in [0.2, 0.25) is 0 Å². The third-order valence-corrected chi connectivity index (χ3v) is 3.23. The van der Waals surface area contributed by atoms with E-state index in [1.165, 1.54) is 5.57 Å². The molecular formula is C12H22NO2+. The normalized spacial score (nSPS) is 25.9. The quantitative estimate of drug-likeness (QED) is 0.403. The monoisotopic (exact) mass is 212 g/mol. The van der Waals surface area contributed by atoms with Crippen LogP contribution in [0.15, 0.2) is 11.6 Å². The third-order valence-electron chi connectivity index (χ3n) is 3.23. The van der Waals surface area contributed by atoms with Crippen LogP contribution in [0, 0.1) is 0 Å². The lowest BCUT2D eigenvalue weighted by atomic mass is 10.0. The van der Waals surface area contributed by atoms with Gasteiger partial charge in [0, 0.05) is 6.42 Å². The number of carbonyl (C=O) groups excluding carboxylic acids is 1. The van der Waals surface area contributed by atoms with Crippen molar-refractivity contribution in [1.29, 1.82) is 0 Å². The predicted molar refractivity (Wildman–Crippen MR) is 60.4 cm³/mol. The Kier molecular flexibility index (Phi) is 4.33. The van der Waals surface area contributed by atoms with E-state index in [0.29, 0.717) is 13.0 Å². The van der Waals surface area contributed by atoms with E-state index in [1.54, 1.807) is 0 Å². The summed E-state index contributed by atoms with van der Waals surface area (Å²) in [5, 5.41) is 0. The number of quaternary nitrogens is 1. The summed E-state index contributed by atoms with van der Waals surface area (Å²) in [6.45, 7) is 7.88. The van der Waals surface area contributed by atoms with Gasteiger partial charge in [0.05, 0.1) is 39.7 Å². The number of nitrogens with zero attached hydrogens (tertiary/aromatic N) is 1. The van der Waals surface area contributed by atoms with Crippen LogP contribution in [0.25, 0.3) is 0 Å². The summed E-state index contributed by atoms with van der Waals surface area (Å²) in [4.78, 5) is 11.3. The van der Waals surface area contributed by atoms with Crippen LogP contribution in [0.5, 0.6) is 0 Å². The van der Waals surface area contributed by atoms with Gasteiger partial charge in [0.1, 0.15) is 0 Å². The third kappa shape index (κ3) is 3.67. The predicted octanol–water partition coefficient (Wildman–Crippen LogP) is 1.74. The Bertz CT molecular complexity index is 260. The number of hydrogen-bond acceptors (Lipinski definition) is 2. The zero-order valence-electron chi connectivity index (χ0n) is 10.1. The van der Waals surface area contributed by atoms with Crippen molar-refractivity contribution in [3.8, 4) is 0 Å². The molecule has 1 unspecified atom stereocenters. The van der Waals surface area contributed by atoms with E-state index in [4.69, 9.17) is 4.74 Å². The van der Waals surface area contributed by atoms with E-state index in [9.17, 15) is 4.79 Å². The zero-order valence-corrected chi connectivity index (χ0v) is 10.1. The lowest BCUT2D eigenvalue weighted by Gasteiger charge is -2.35. The fourth-order valence-electron chi connectivity index (χ4n) is 1.80. The van der Waals surface area contributed by atoms with Crippen molar-refractivity contribution in [1.82, 2.24) is 0 Å². The molecule has 1 rings (SSSR count). The second kappa shape index (κ2) is 5.31. The molecule has 0 saturated carbocycles. The molecule has 0 aromatic heterocycles. The first-order chi connectivity index (χ1) is 7.09. The number of carbonyl (C=O) groups is 1. The molecule has 0 bridgehead atoms. The lowest BCUT2D eigenvalue weighted by molar-refractivity contribution is -0.903. The molecule has 0 N–H and O–H groups in total. The van der Waals surface area contributed by atoms with Gasteiger partial charge >= 0.3 is 5.97 Å². The minimum atomic E-state index is -0.0867. The number of esters is 1. The van der Waals surface area contributed by atoms with Gasteiger partial charge in [0.2, 0.25) is 0 Å². The van der Waals surface area contributed by atoms with Gasteiger partial charge in [-0.3, -0.25) is 4.79 Å². The molecule has 0 aliphatic carbocycles. The summed E-state index contributed by atoms with van der Waals surface area (Å²) in [6.07, 6.45) is 3.73. The van der Waals surface area contributed by atoms with E-state index in [2.05, 4.69) is 20.0 Å². The molecule has 1 aliphatic heterocycles. The van der Waals surface area contributed by atoms with Gasteiger partial charge in [-0.15, -0.1) is 0 Å². The molecule has 0 aromatic rings. The van der Waals surface area contributed by atoms with E-state index in [1.807, 2.05) is 6.92 Å². The Morgan fingerprint density at radius 3 is 2.73 bits per heavy atom. The van der Waals surface area contributed by atoms with Crippen molar-refractivity contribution in [3.05, 3.63) is 11.6 Å². The molecule has 1 atom stereocenters. The summed E-state index contributed by atoms with van der Waals surface area (Å²) >= 11 is 0. The van der Waals surface area contributed by atoms with Gasteiger partial charge in [-0.05, 0) is 19.9 Å². The standard InChI is InChI=1S/C12H22NO2/c1-4-13(3)8-6-11(7-9-13)10-12(14)15-5-2/h6H,4-5,7-10H2,1-3H3/q+1. The van der Waals surface area contributed by atoms with E-state index < -0.39 is 0 Å². The maximum Gasteiger partial charge on any atom is 0.309 e. The average Bonchev–Trinajstić information content (AvgIpc) is 2.22. The van der Waals surface area contributed by atoms with Crippen LogP contribution < -0.4 is 0 Å². The van der Waals surface area contributed by atoms with Gasteiger partial charge in [0.15, 0.2) is 0 Å². The highest BCUT2D eigenvalue weighted by atomic mass is 16.5. The van der Waals surface area contributed by atoms with E-state index in [-0.39, 0.29) is 5.97 Å². The van der Waals surface area contributed by atoms with Crippen LogP contribution in [0.4, 0.5) is 0 Å². The molecule has 15 heavy (non-hydrogen) atoms. The summed E-state index contributed by atoms with van der Waals surface area (Å²) < 4.78 is 6.03. The summed E-state index contributed by atoms with van der Waals surface area (Å²) in [5.41, 5.74) is 1.25. The average molecular weight is 212 g/mol. The van der Waals surface area contributed by atoms with Crippen LogP contribution in [-0.4, -0.2) is 43.7 Å². The highest BCUT2D eigenvalue weighted by molar-refractivity contribution is 5.72.